The van der Waals surface area contributed by atoms with Crippen LogP contribution in [0.15, 0.2) is 0 Å². The van der Waals surface area contributed by atoms with Crippen LogP contribution in [0, 0.1) is 0 Å². The molecule has 0 aromatic carbocycles. The van der Waals surface area contributed by atoms with Gasteiger partial charge in [0, 0.05) is 19.1 Å². The van der Waals surface area contributed by atoms with Gasteiger partial charge in [0.05, 0.1) is 5.60 Å². The number of likely N-dealkylation sites (N-methyl/N-ethyl adjacent to an activating group) is 1. The maximum atomic E-state index is 9.77. The second kappa shape index (κ2) is 4.57. The molecule has 1 fully saturated rings. The van der Waals surface area contributed by atoms with Crippen LogP contribution in [0.5, 0.6) is 0 Å². The molecule has 0 spiro atoms. The van der Waals surface area contributed by atoms with E-state index in [0.717, 1.165) is 19.5 Å². The molecule has 0 aromatic heterocycles. The number of aliphatic hydroxyl groups excluding tert-OH is 1. The minimum atomic E-state index is -0.770. The lowest BCUT2D eigenvalue weighted by Gasteiger charge is -2.29. The minimum Gasteiger partial charge on any atom is -0.356 e. The van der Waals surface area contributed by atoms with Gasteiger partial charge in [-0.15, -0.1) is 0 Å². The van der Waals surface area contributed by atoms with Gasteiger partial charge < -0.3 is 15.2 Å². The summed E-state index contributed by atoms with van der Waals surface area (Å²) in [7, 11) is 1.95. The van der Waals surface area contributed by atoms with Crippen LogP contribution >= 0.6 is 0 Å². The number of hydrogen-bond donors (Lipinski definition) is 2. The van der Waals surface area contributed by atoms with E-state index in [4.69, 9.17) is 4.74 Å². The molecule has 84 valence electrons. The molecule has 1 rings (SSSR count). The van der Waals surface area contributed by atoms with Crippen LogP contribution in [0.25, 0.3) is 0 Å². The summed E-state index contributed by atoms with van der Waals surface area (Å²) in [6.07, 6.45) is 0.300. The lowest BCUT2D eigenvalue weighted by atomic mass is 10.2. The maximum Gasteiger partial charge on any atom is 0.216 e. The van der Waals surface area contributed by atoms with Gasteiger partial charge in [-0.1, -0.05) is 0 Å². The quantitative estimate of drug-likeness (QED) is 0.649. The fourth-order valence-electron chi connectivity index (χ4n) is 1.61. The first kappa shape index (κ1) is 11.9. The van der Waals surface area contributed by atoms with E-state index in [-0.39, 0.29) is 5.60 Å². The van der Waals surface area contributed by atoms with Crippen molar-refractivity contribution in [3.8, 4) is 0 Å². The molecule has 4 nitrogen and oxygen atoms in total. The molecule has 2 unspecified atom stereocenters. The van der Waals surface area contributed by atoms with Gasteiger partial charge in [-0.05, 0) is 34.2 Å². The smallest absolute Gasteiger partial charge is 0.216 e. The van der Waals surface area contributed by atoms with E-state index in [1.165, 1.54) is 0 Å². The van der Waals surface area contributed by atoms with Gasteiger partial charge in [0.25, 0.3) is 0 Å². The van der Waals surface area contributed by atoms with Crippen molar-refractivity contribution in [2.45, 2.75) is 45.2 Å². The first-order valence-electron chi connectivity index (χ1n) is 5.19. The van der Waals surface area contributed by atoms with Gasteiger partial charge >= 0.3 is 0 Å². The summed E-state index contributed by atoms with van der Waals surface area (Å²) >= 11 is 0. The molecule has 2 atom stereocenters. The molecule has 0 aromatic rings. The molecule has 0 aliphatic carbocycles. The third kappa shape index (κ3) is 3.53. The standard InChI is InChI=1S/C10H22N2O2/c1-10(2,3)14-9(13)12-6-5-8(7-12)11-4/h8-9,11,13H,5-7H2,1-4H3. The highest BCUT2D eigenvalue weighted by molar-refractivity contribution is 4.79. The van der Waals surface area contributed by atoms with Crippen molar-refractivity contribution < 1.29 is 9.84 Å². The first-order chi connectivity index (χ1) is 6.42. The first-order valence-corrected chi connectivity index (χ1v) is 5.19. The Morgan fingerprint density at radius 3 is 2.57 bits per heavy atom. The number of aliphatic hydroxyl groups is 1. The van der Waals surface area contributed by atoms with Gasteiger partial charge in [0.15, 0.2) is 0 Å². The summed E-state index contributed by atoms with van der Waals surface area (Å²) in [5.74, 6) is 0. The van der Waals surface area contributed by atoms with Gasteiger partial charge in [0.1, 0.15) is 0 Å². The molecule has 1 aliphatic heterocycles. The molecule has 0 saturated carbocycles. The summed E-state index contributed by atoms with van der Waals surface area (Å²) in [6.45, 7) is 7.59. The zero-order valence-electron chi connectivity index (χ0n) is 9.58. The second-order valence-corrected chi connectivity index (χ2v) is 4.83. The van der Waals surface area contributed by atoms with E-state index in [1.54, 1.807) is 0 Å². The molecule has 2 N–H and O–H groups in total. The maximum absolute atomic E-state index is 9.77. The number of nitrogens with one attached hydrogen (secondary N) is 1. The summed E-state index contributed by atoms with van der Waals surface area (Å²) in [6, 6.07) is 0.480. The predicted octanol–water partition coefficient (Wildman–Crippen LogP) is 0.371. The van der Waals surface area contributed by atoms with Crippen molar-refractivity contribution in [1.29, 1.82) is 0 Å². The third-order valence-electron chi connectivity index (χ3n) is 2.40. The number of hydrogen-bond acceptors (Lipinski definition) is 4. The number of ether oxygens (including phenoxy) is 1. The molecule has 4 heteroatoms. The molecule has 14 heavy (non-hydrogen) atoms. The monoisotopic (exact) mass is 202 g/mol. The molecular weight excluding hydrogens is 180 g/mol. The Bertz CT molecular complexity index is 179. The van der Waals surface area contributed by atoms with Crippen LogP contribution in [-0.4, -0.2) is 48.2 Å². The van der Waals surface area contributed by atoms with E-state index < -0.39 is 6.41 Å². The predicted molar refractivity (Wildman–Crippen MR) is 55.9 cm³/mol. The average molecular weight is 202 g/mol. The lowest BCUT2D eigenvalue weighted by molar-refractivity contribution is -0.234. The summed E-state index contributed by atoms with van der Waals surface area (Å²) in [5.41, 5.74) is -0.294. The fraction of sp³-hybridized carbons (Fsp3) is 1.00. The van der Waals surface area contributed by atoms with Gasteiger partial charge in [-0.2, -0.15) is 0 Å². The van der Waals surface area contributed by atoms with Crippen LogP contribution in [0.4, 0.5) is 0 Å². The normalized spacial score (nSPS) is 26.8. The largest absolute Gasteiger partial charge is 0.356 e. The minimum absolute atomic E-state index is 0.294. The van der Waals surface area contributed by atoms with E-state index in [1.807, 2.05) is 32.7 Å². The number of rotatable bonds is 3. The molecule has 1 saturated heterocycles. The van der Waals surface area contributed by atoms with Gasteiger partial charge in [-0.25, -0.2) is 0 Å². The van der Waals surface area contributed by atoms with Crippen LogP contribution in [0.3, 0.4) is 0 Å². The summed E-state index contributed by atoms with van der Waals surface area (Å²) in [4.78, 5) is 1.95. The summed E-state index contributed by atoms with van der Waals surface area (Å²) in [5, 5.41) is 13.0. The van der Waals surface area contributed by atoms with Crippen molar-refractivity contribution in [2.75, 3.05) is 20.1 Å². The second-order valence-electron chi connectivity index (χ2n) is 4.83. The Kier molecular flexibility index (Phi) is 3.89. The lowest BCUT2D eigenvalue weighted by Crippen LogP contribution is -2.41. The molecule has 1 aliphatic rings. The van der Waals surface area contributed by atoms with Crippen molar-refractivity contribution in [3.05, 3.63) is 0 Å². The SMILES string of the molecule is CNC1CCN(C(O)OC(C)(C)C)C1. The molecule has 0 radical (unpaired) electrons. The van der Waals surface area contributed by atoms with Crippen LogP contribution in [-0.2, 0) is 4.74 Å². The van der Waals surface area contributed by atoms with Crippen molar-refractivity contribution in [2.24, 2.45) is 0 Å². The van der Waals surface area contributed by atoms with Crippen molar-refractivity contribution in [3.63, 3.8) is 0 Å². The Morgan fingerprint density at radius 1 is 1.50 bits per heavy atom. The highest BCUT2D eigenvalue weighted by Gasteiger charge is 2.29. The van der Waals surface area contributed by atoms with Crippen molar-refractivity contribution >= 4 is 0 Å². The highest BCUT2D eigenvalue weighted by Crippen LogP contribution is 2.16. The van der Waals surface area contributed by atoms with E-state index in [9.17, 15) is 5.11 Å². The Labute approximate surface area is 86.2 Å². The molecule has 0 amide bonds. The Balaban J connectivity index is 2.35. The average Bonchev–Trinajstić information content (AvgIpc) is 2.48. The third-order valence-corrected chi connectivity index (χ3v) is 2.40. The van der Waals surface area contributed by atoms with Gasteiger partial charge in [0.2, 0.25) is 6.41 Å². The van der Waals surface area contributed by atoms with E-state index in [2.05, 4.69) is 5.32 Å². The molecule has 1 heterocycles. The van der Waals surface area contributed by atoms with Gasteiger partial charge in [-0.3, -0.25) is 4.90 Å². The van der Waals surface area contributed by atoms with Crippen LogP contribution in [0.1, 0.15) is 27.2 Å². The Hall–Kier alpha value is -0.160. The molecule has 0 bridgehead atoms. The fourth-order valence-corrected chi connectivity index (χ4v) is 1.61. The Morgan fingerprint density at radius 2 is 2.14 bits per heavy atom. The number of likely N-dealkylation sites (tertiary alicyclic amines) is 1. The highest BCUT2D eigenvalue weighted by atomic mass is 16.6. The molecular formula is C10H22N2O2. The topological polar surface area (TPSA) is 44.7 Å². The summed E-state index contributed by atoms with van der Waals surface area (Å²) < 4.78 is 5.47. The zero-order chi connectivity index (χ0) is 10.8. The van der Waals surface area contributed by atoms with E-state index in [0.29, 0.717) is 6.04 Å². The van der Waals surface area contributed by atoms with Crippen LogP contribution in [0.2, 0.25) is 0 Å². The van der Waals surface area contributed by atoms with Crippen LogP contribution < -0.4 is 5.32 Å². The number of nitrogens with zero attached hydrogens (tertiary/aromatic N) is 1. The van der Waals surface area contributed by atoms with Crippen molar-refractivity contribution in [1.82, 2.24) is 10.2 Å². The zero-order valence-corrected chi connectivity index (χ0v) is 9.58. The van der Waals surface area contributed by atoms with E-state index >= 15 is 0 Å².